The molecule has 0 atom stereocenters. The number of nitrogens with one attached hydrogen (secondary N) is 2. The van der Waals surface area contributed by atoms with Crippen LogP contribution in [0.15, 0.2) is 48.8 Å². The van der Waals surface area contributed by atoms with Crippen molar-refractivity contribution in [3.05, 3.63) is 59.5 Å². The SMILES string of the molecule is Clc1ccccc1-c1cc2nccn2c(Nc2cc(C3CC3)[nH]n2)n1. The molecular weight excluding hydrogens is 336 g/mol. The Morgan fingerprint density at radius 2 is 2.08 bits per heavy atom. The molecule has 1 aromatic carbocycles. The summed E-state index contributed by atoms with van der Waals surface area (Å²) in [5.74, 6) is 2.03. The first-order valence-corrected chi connectivity index (χ1v) is 8.57. The van der Waals surface area contributed by atoms with Gasteiger partial charge in [-0.3, -0.25) is 9.50 Å². The zero-order valence-corrected chi connectivity index (χ0v) is 14.0. The van der Waals surface area contributed by atoms with Gasteiger partial charge in [0.2, 0.25) is 5.95 Å². The summed E-state index contributed by atoms with van der Waals surface area (Å²) in [5.41, 5.74) is 3.61. The van der Waals surface area contributed by atoms with Gasteiger partial charge in [-0.05, 0) is 18.9 Å². The Kier molecular flexibility index (Phi) is 3.24. The largest absolute Gasteiger partial charge is 0.308 e. The number of H-pyrrole nitrogens is 1. The molecule has 0 radical (unpaired) electrons. The normalized spacial score (nSPS) is 14.1. The van der Waals surface area contributed by atoms with E-state index in [1.165, 1.54) is 18.5 Å². The fraction of sp³-hybridized carbons (Fsp3) is 0.167. The Labute approximate surface area is 148 Å². The molecule has 6 nitrogen and oxygen atoms in total. The van der Waals surface area contributed by atoms with Gasteiger partial charge in [-0.15, -0.1) is 0 Å². The van der Waals surface area contributed by atoms with Crippen LogP contribution < -0.4 is 5.32 Å². The van der Waals surface area contributed by atoms with Gasteiger partial charge in [0.15, 0.2) is 5.82 Å². The zero-order valence-electron chi connectivity index (χ0n) is 13.3. The Hall–Kier alpha value is -2.86. The highest BCUT2D eigenvalue weighted by Crippen LogP contribution is 2.39. The summed E-state index contributed by atoms with van der Waals surface area (Å²) >= 11 is 6.34. The average molecular weight is 351 g/mol. The molecule has 2 N–H and O–H groups in total. The van der Waals surface area contributed by atoms with Crippen LogP contribution in [0.5, 0.6) is 0 Å². The number of aromatic amines is 1. The van der Waals surface area contributed by atoms with Crippen molar-refractivity contribution < 1.29 is 0 Å². The fourth-order valence-electron chi connectivity index (χ4n) is 2.94. The maximum atomic E-state index is 6.34. The highest BCUT2D eigenvalue weighted by atomic mass is 35.5. The second kappa shape index (κ2) is 5.60. The first-order valence-electron chi connectivity index (χ1n) is 8.19. The van der Waals surface area contributed by atoms with Crippen molar-refractivity contribution in [2.45, 2.75) is 18.8 Å². The van der Waals surface area contributed by atoms with Crippen LogP contribution in [-0.4, -0.2) is 24.6 Å². The molecule has 0 aliphatic heterocycles. The molecule has 3 aromatic heterocycles. The molecule has 4 aromatic rings. The number of rotatable bonds is 4. The molecule has 0 bridgehead atoms. The maximum Gasteiger partial charge on any atom is 0.214 e. The predicted octanol–water partition coefficient (Wildman–Crippen LogP) is 4.39. The number of anilines is 2. The number of fused-ring (bicyclic) bond motifs is 1. The van der Waals surface area contributed by atoms with E-state index in [9.17, 15) is 0 Å². The van der Waals surface area contributed by atoms with Crippen LogP contribution in [0.4, 0.5) is 11.8 Å². The van der Waals surface area contributed by atoms with Crippen molar-refractivity contribution in [2.24, 2.45) is 0 Å². The van der Waals surface area contributed by atoms with Gasteiger partial charge in [-0.1, -0.05) is 29.8 Å². The number of imidazole rings is 1. The molecule has 5 rings (SSSR count). The lowest BCUT2D eigenvalue weighted by Gasteiger charge is -2.09. The quantitative estimate of drug-likeness (QED) is 0.572. The number of aromatic nitrogens is 5. The summed E-state index contributed by atoms with van der Waals surface area (Å²) in [7, 11) is 0. The van der Waals surface area contributed by atoms with E-state index in [1.54, 1.807) is 6.20 Å². The van der Waals surface area contributed by atoms with E-state index in [0.29, 0.717) is 16.9 Å². The van der Waals surface area contributed by atoms with Crippen LogP contribution in [0.3, 0.4) is 0 Å². The molecule has 1 fully saturated rings. The van der Waals surface area contributed by atoms with Crippen molar-refractivity contribution >= 4 is 29.0 Å². The van der Waals surface area contributed by atoms with Gasteiger partial charge in [-0.2, -0.15) is 5.10 Å². The lowest BCUT2D eigenvalue weighted by molar-refractivity contribution is 0.964. The van der Waals surface area contributed by atoms with E-state index in [-0.39, 0.29) is 0 Å². The van der Waals surface area contributed by atoms with Gasteiger partial charge in [0, 0.05) is 46.7 Å². The summed E-state index contributed by atoms with van der Waals surface area (Å²) in [6, 6.07) is 11.6. The molecule has 124 valence electrons. The van der Waals surface area contributed by atoms with Crippen LogP contribution >= 0.6 is 11.6 Å². The standard InChI is InChI=1S/C18H15ClN6/c19-13-4-2-1-3-12(13)15-10-17-20-7-8-25(17)18(21-15)22-16-9-14(23-24-16)11-5-6-11/h1-4,7-11H,5-6H2,(H2,21,22,23,24). The number of hydrogen-bond acceptors (Lipinski definition) is 4. The third-order valence-electron chi connectivity index (χ3n) is 4.39. The Morgan fingerprint density at radius 1 is 1.20 bits per heavy atom. The Balaban J connectivity index is 1.58. The summed E-state index contributed by atoms with van der Waals surface area (Å²) in [5, 5.41) is 11.4. The highest BCUT2D eigenvalue weighted by molar-refractivity contribution is 6.33. The average Bonchev–Trinajstić information content (AvgIpc) is 3.17. The van der Waals surface area contributed by atoms with Gasteiger partial charge in [0.25, 0.3) is 0 Å². The number of hydrogen-bond donors (Lipinski definition) is 2. The van der Waals surface area contributed by atoms with Crippen LogP contribution in [0.1, 0.15) is 24.5 Å². The highest BCUT2D eigenvalue weighted by Gasteiger charge is 2.25. The van der Waals surface area contributed by atoms with Crippen LogP contribution in [0.2, 0.25) is 5.02 Å². The number of benzene rings is 1. The lowest BCUT2D eigenvalue weighted by Crippen LogP contribution is -2.03. The molecule has 1 saturated carbocycles. The molecule has 0 amide bonds. The summed E-state index contributed by atoms with van der Waals surface area (Å²) in [6.45, 7) is 0. The van der Waals surface area contributed by atoms with E-state index in [4.69, 9.17) is 16.6 Å². The molecule has 7 heteroatoms. The third-order valence-corrected chi connectivity index (χ3v) is 4.72. The molecule has 25 heavy (non-hydrogen) atoms. The molecule has 3 heterocycles. The monoisotopic (exact) mass is 350 g/mol. The van der Waals surface area contributed by atoms with Gasteiger partial charge in [0.1, 0.15) is 5.65 Å². The molecule has 0 saturated heterocycles. The molecule has 1 aliphatic rings. The van der Waals surface area contributed by atoms with Crippen molar-refractivity contribution in [3.8, 4) is 11.3 Å². The van der Waals surface area contributed by atoms with E-state index < -0.39 is 0 Å². The maximum absolute atomic E-state index is 6.34. The molecule has 0 spiro atoms. The topological polar surface area (TPSA) is 70.9 Å². The molecule has 0 unspecified atom stereocenters. The fourth-order valence-corrected chi connectivity index (χ4v) is 3.17. The lowest BCUT2D eigenvalue weighted by atomic mass is 10.1. The minimum absolute atomic E-state index is 0.624. The van der Waals surface area contributed by atoms with Crippen molar-refractivity contribution in [1.29, 1.82) is 0 Å². The van der Waals surface area contributed by atoms with E-state index in [0.717, 1.165) is 22.7 Å². The molecule has 1 aliphatic carbocycles. The predicted molar refractivity (Wildman–Crippen MR) is 97.3 cm³/mol. The zero-order chi connectivity index (χ0) is 16.8. The summed E-state index contributed by atoms with van der Waals surface area (Å²) < 4.78 is 1.89. The first-order chi connectivity index (χ1) is 12.3. The molecular formula is C18H15ClN6. The van der Waals surface area contributed by atoms with Crippen molar-refractivity contribution in [2.75, 3.05) is 5.32 Å². The smallest absolute Gasteiger partial charge is 0.214 e. The minimum atomic E-state index is 0.624. The first kappa shape index (κ1) is 14.5. The third kappa shape index (κ3) is 2.64. The summed E-state index contributed by atoms with van der Waals surface area (Å²) in [4.78, 5) is 9.13. The Morgan fingerprint density at radius 3 is 2.92 bits per heavy atom. The van der Waals surface area contributed by atoms with Crippen molar-refractivity contribution in [1.82, 2.24) is 24.6 Å². The van der Waals surface area contributed by atoms with Gasteiger partial charge in [-0.25, -0.2) is 9.97 Å². The Bertz CT molecular complexity index is 1060. The van der Waals surface area contributed by atoms with E-state index in [2.05, 4.69) is 20.5 Å². The van der Waals surface area contributed by atoms with Gasteiger partial charge in [0.05, 0.1) is 5.69 Å². The van der Waals surface area contributed by atoms with E-state index >= 15 is 0 Å². The van der Waals surface area contributed by atoms with Gasteiger partial charge < -0.3 is 5.32 Å². The summed E-state index contributed by atoms with van der Waals surface area (Å²) in [6.07, 6.45) is 6.08. The number of halogens is 1. The number of nitrogens with zero attached hydrogens (tertiary/aromatic N) is 4. The van der Waals surface area contributed by atoms with Crippen LogP contribution in [0, 0.1) is 0 Å². The van der Waals surface area contributed by atoms with Crippen LogP contribution in [0.25, 0.3) is 16.9 Å². The second-order valence-electron chi connectivity index (χ2n) is 6.21. The second-order valence-corrected chi connectivity index (χ2v) is 6.62. The minimum Gasteiger partial charge on any atom is -0.308 e. The van der Waals surface area contributed by atoms with E-state index in [1.807, 2.05) is 47.0 Å². The van der Waals surface area contributed by atoms with Crippen LogP contribution in [-0.2, 0) is 0 Å². The van der Waals surface area contributed by atoms with Gasteiger partial charge >= 0.3 is 0 Å². The van der Waals surface area contributed by atoms with Crippen molar-refractivity contribution in [3.63, 3.8) is 0 Å².